The highest BCUT2D eigenvalue weighted by Crippen LogP contribution is 2.37. The van der Waals surface area contributed by atoms with Gasteiger partial charge in [-0.1, -0.05) is 18.2 Å². The summed E-state index contributed by atoms with van der Waals surface area (Å²) in [4.78, 5) is 31.6. The molecule has 2 aliphatic heterocycles. The van der Waals surface area contributed by atoms with Crippen LogP contribution in [-0.4, -0.2) is 47.5 Å². The number of H-pyrrole nitrogens is 1. The second-order valence-electron chi connectivity index (χ2n) is 11.8. The Bertz CT molecular complexity index is 1840. The maximum atomic E-state index is 14.3. The molecular formula is C33H36N4O5S. The molecule has 4 N–H and O–H groups in total. The number of rotatable bonds is 4. The second-order valence-corrected chi connectivity index (χ2v) is 14.0. The Morgan fingerprint density at radius 1 is 0.977 bits per heavy atom. The summed E-state index contributed by atoms with van der Waals surface area (Å²) in [6.45, 7) is 4.07. The number of nitrogens with one attached hydrogen (secondary N) is 3. The maximum Gasteiger partial charge on any atom is 0.249 e. The van der Waals surface area contributed by atoms with Crippen LogP contribution in [0.5, 0.6) is 5.88 Å². The number of aryl methyl sites for hydroxylation is 2. The Hall–Kier alpha value is -4.31. The van der Waals surface area contributed by atoms with Gasteiger partial charge in [-0.2, -0.15) is 0 Å². The van der Waals surface area contributed by atoms with Gasteiger partial charge in [-0.3, -0.25) is 9.59 Å². The summed E-state index contributed by atoms with van der Waals surface area (Å²) in [6, 6.07) is 13.6. The molecule has 0 saturated heterocycles. The van der Waals surface area contributed by atoms with Crippen molar-refractivity contribution in [2.24, 2.45) is 0 Å². The van der Waals surface area contributed by atoms with Gasteiger partial charge in [0.25, 0.3) is 0 Å². The molecule has 10 heteroatoms. The molecule has 0 radical (unpaired) electrons. The molecule has 9 nitrogen and oxygen atoms in total. The summed E-state index contributed by atoms with van der Waals surface area (Å²) in [7, 11) is -1.90. The number of carbonyl (C=O) groups excluding carboxylic acids is 2. The van der Waals surface area contributed by atoms with Crippen LogP contribution in [-0.2, 0) is 32.4 Å². The van der Waals surface area contributed by atoms with Crippen LogP contribution in [0.25, 0.3) is 10.8 Å². The number of hydrogen-bond donors (Lipinski definition) is 4. The van der Waals surface area contributed by atoms with Crippen LogP contribution in [0.3, 0.4) is 0 Å². The largest absolute Gasteiger partial charge is 0.494 e. The number of aromatic amines is 1. The molecule has 1 fully saturated rings. The predicted molar refractivity (Wildman–Crippen MR) is 167 cm³/mol. The van der Waals surface area contributed by atoms with E-state index in [0.29, 0.717) is 54.4 Å². The molecule has 1 aromatic heterocycles. The van der Waals surface area contributed by atoms with E-state index in [1.54, 1.807) is 37.5 Å². The Morgan fingerprint density at radius 3 is 2.44 bits per heavy atom. The van der Waals surface area contributed by atoms with Crippen LogP contribution in [0, 0.1) is 13.8 Å². The number of anilines is 2. The molecule has 1 atom stereocenters. The predicted octanol–water partition coefficient (Wildman–Crippen LogP) is 5.51. The number of aromatic hydroxyl groups is 1. The molecule has 7 rings (SSSR count). The Labute approximate surface area is 251 Å². The van der Waals surface area contributed by atoms with Crippen molar-refractivity contribution >= 4 is 43.8 Å². The third kappa shape index (κ3) is 5.71. The van der Waals surface area contributed by atoms with Crippen molar-refractivity contribution in [1.29, 1.82) is 0 Å². The first-order valence-electron chi connectivity index (χ1n) is 14.6. The zero-order valence-corrected chi connectivity index (χ0v) is 25.3. The minimum Gasteiger partial charge on any atom is -0.494 e. The highest BCUT2D eigenvalue weighted by atomic mass is 32.2. The monoisotopic (exact) mass is 600 g/mol. The highest BCUT2D eigenvalue weighted by Gasteiger charge is 2.38. The molecule has 1 unspecified atom stereocenters. The minimum absolute atomic E-state index is 0.0374. The topological polar surface area (TPSA) is 132 Å². The van der Waals surface area contributed by atoms with Gasteiger partial charge < -0.3 is 25.6 Å². The zero-order chi connectivity index (χ0) is 30.5. The lowest BCUT2D eigenvalue weighted by Crippen LogP contribution is -2.35. The fourth-order valence-electron chi connectivity index (χ4n) is 6.06. The molecule has 43 heavy (non-hydrogen) atoms. The lowest BCUT2D eigenvalue weighted by Gasteiger charge is -2.28. The van der Waals surface area contributed by atoms with Gasteiger partial charge in [0.15, 0.2) is 15.7 Å². The van der Waals surface area contributed by atoms with E-state index in [0.717, 1.165) is 27.6 Å². The number of nitrogens with zero attached hydrogens (tertiary/aromatic N) is 1. The molecule has 1 saturated carbocycles. The van der Waals surface area contributed by atoms with Crippen molar-refractivity contribution in [3.8, 4) is 5.88 Å². The maximum absolute atomic E-state index is 14.3. The van der Waals surface area contributed by atoms with E-state index in [1.165, 1.54) is 4.90 Å². The first-order valence-corrected chi connectivity index (χ1v) is 16.1. The van der Waals surface area contributed by atoms with Gasteiger partial charge in [-0.25, -0.2) is 8.42 Å². The number of likely N-dealkylation sites (N-methyl/N-ethyl adjacent to an activating group) is 1. The fourth-order valence-corrected chi connectivity index (χ4v) is 7.92. The van der Waals surface area contributed by atoms with Crippen LogP contribution in [0.1, 0.15) is 59.5 Å². The van der Waals surface area contributed by atoms with Crippen molar-refractivity contribution < 1.29 is 23.1 Å². The van der Waals surface area contributed by atoms with Gasteiger partial charge in [0.2, 0.25) is 11.8 Å². The number of hydrogen-bond acceptors (Lipinski definition) is 6. The first-order chi connectivity index (χ1) is 20.5. The Kier molecular flexibility index (Phi) is 7.41. The van der Waals surface area contributed by atoms with Crippen molar-refractivity contribution in [3.63, 3.8) is 0 Å². The average molecular weight is 601 g/mol. The van der Waals surface area contributed by atoms with E-state index in [-0.39, 0.29) is 29.1 Å². The van der Waals surface area contributed by atoms with Gasteiger partial charge >= 0.3 is 0 Å². The Morgan fingerprint density at radius 2 is 1.72 bits per heavy atom. The third-order valence-electron chi connectivity index (χ3n) is 8.51. The highest BCUT2D eigenvalue weighted by molar-refractivity contribution is 7.92. The van der Waals surface area contributed by atoms with E-state index in [9.17, 15) is 23.1 Å². The number of fused-ring (bicyclic) bond motifs is 10. The van der Waals surface area contributed by atoms with E-state index in [2.05, 4.69) is 15.6 Å². The second kappa shape index (κ2) is 11.1. The molecule has 0 spiro atoms. The van der Waals surface area contributed by atoms with Crippen molar-refractivity contribution in [1.82, 2.24) is 9.88 Å². The van der Waals surface area contributed by atoms with Crippen molar-refractivity contribution in [2.75, 3.05) is 17.7 Å². The number of aromatic nitrogens is 1. The van der Waals surface area contributed by atoms with E-state index in [1.807, 2.05) is 38.1 Å². The van der Waals surface area contributed by atoms with Crippen LogP contribution in [0.2, 0.25) is 0 Å². The molecule has 4 bridgehead atoms. The van der Waals surface area contributed by atoms with Crippen LogP contribution < -0.4 is 10.6 Å². The van der Waals surface area contributed by atoms with Gasteiger partial charge in [-0.15, -0.1) is 0 Å². The molecule has 4 aromatic rings. The molecular weight excluding hydrogens is 564 g/mol. The SMILES string of the molecule is Cc1cc2cc(C)c1CCCC(=O)Nc1ccc(S(=O)(=O)C3CC3)c(c1)CN(C)C(=O)C2Nc1ccc2c[nH]c(O)c2c1. The van der Waals surface area contributed by atoms with Gasteiger partial charge in [0.05, 0.1) is 10.1 Å². The standard InChI is InChI=1S/C33H36N4O5S/c1-19-13-22-14-20(2)27(19)5-4-6-30(38)35-24-9-12-29(43(41,42)26-10-11-26)23(15-24)18-37(3)33(40)31(22)36-25-8-7-21-17-34-32(39)28(21)16-25/h7-9,12-17,26,31,34,36,39H,4-6,10-11,18H2,1-3H3,(H,35,38). The number of sulfone groups is 1. The number of carbonyl (C=O) groups is 2. The molecule has 2 amide bonds. The van der Waals surface area contributed by atoms with Gasteiger partial charge in [0.1, 0.15) is 6.04 Å². The normalized spacial score (nSPS) is 18.2. The molecule has 3 heterocycles. The van der Waals surface area contributed by atoms with E-state index < -0.39 is 21.1 Å². The summed E-state index contributed by atoms with van der Waals surface area (Å²) in [5.41, 5.74) is 5.63. The first kappa shape index (κ1) is 28.8. The summed E-state index contributed by atoms with van der Waals surface area (Å²) in [6.07, 6.45) is 4.65. The summed E-state index contributed by atoms with van der Waals surface area (Å²) < 4.78 is 26.7. The van der Waals surface area contributed by atoms with Crippen molar-refractivity contribution in [2.45, 2.75) is 68.7 Å². The van der Waals surface area contributed by atoms with E-state index >= 15 is 0 Å². The molecule has 1 aliphatic carbocycles. The Balaban J connectivity index is 1.43. The molecule has 224 valence electrons. The summed E-state index contributed by atoms with van der Waals surface area (Å²) >= 11 is 0. The van der Waals surface area contributed by atoms with Gasteiger partial charge in [0, 0.05) is 48.4 Å². The van der Waals surface area contributed by atoms with Crippen LogP contribution in [0.4, 0.5) is 11.4 Å². The van der Waals surface area contributed by atoms with Crippen LogP contribution >= 0.6 is 0 Å². The third-order valence-corrected chi connectivity index (χ3v) is 10.9. The smallest absolute Gasteiger partial charge is 0.249 e. The minimum atomic E-state index is -3.56. The molecule has 3 aliphatic rings. The summed E-state index contributed by atoms with van der Waals surface area (Å²) in [5.74, 6) is -0.337. The lowest BCUT2D eigenvalue weighted by molar-refractivity contribution is -0.131. The molecule has 3 aromatic carbocycles. The summed E-state index contributed by atoms with van der Waals surface area (Å²) in [5, 5.41) is 17.7. The van der Waals surface area contributed by atoms with E-state index in [4.69, 9.17) is 0 Å². The van der Waals surface area contributed by atoms with Crippen LogP contribution in [0.15, 0.2) is 59.6 Å². The lowest BCUT2D eigenvalue weighted by atomic mass is 9.92. The number of benzene rings is 3. The van der Waals surface area contributed by atoms with Gasteiger partial charge in [-0.05, 0) is 97.7 Å². The average Bonchev–Trinajstić information content (AvgIpc) is 3.76. The quantitative estimate of drug-likeness (QED) is 0.244. The zero-order valence-electron chi connectivity index (χ0n) is 24.5. The fraction of sp³-hybridized carbons (Fsp3) is 0.333. The number of amides is 2. The van der Waals surface area contributed by atoms with Crippen molar-refractivity contribution in [3.05, 3.63) is 82.5 Å².